The van der Waals surface area contributed by atoms with Crippen molar-refractivity contribution in [1.29, 1.82) is 0 Å². The van der Waals surface area contributed by atoms with Gasteiger partial charge in [-0.25, -0.2) is 13.1 Å². The van der Waals surface area contributed by atoms with E-state index in [1.165, 1.54) is 17.1 Å². The van der Waals surface area contributed by atoms with Crippen LogP contribution in [0.4, 0.5) is 0 Å². The molecule has 2 aromatic rings. The van der Waals surface area contributed by atoms with Gasteiger partial charge < -0.3 is 19.1 Å². The summed E-state index contributed by atoms with van der Waals surface area (Å²) < 4.78 is 44.6. The third-order valence-electron chi connectivity index (χ3n) is 5.00. The zero-order valence-electron chi connectivity index (χ0n) is 17.9. The van der Waals surface area contributed by atoms with E-state index in [1.54, 1.807) is 45.4 Å². The van der Waals surface area contributed by atoms with Crippen LogP contribution in [0.15, 0.2) is 35.5 Å². The average molecular weight is 451 g/mol. The molecule has 0 saturated carbocycles. The van der Waals surface area contributed by atoms with Crippen molar-refractivity contribution in [2.75, 3.05) is 41.0 Å². The van der Waals surface area contributed by atoms with Crippen molar-refractivity contribution < 1.29 is 27.4 Å². The Morgan fingerprint density at radius 2 is 1.84 bits per heavy atom. The number of methoxy groups -OCH3 is 3. The Morgan fingerprint density at radius 1 is 1.16 bits per heavy atom. The molecule has 1 aliphatic heterocycles. The molecule has 0 aliphatic carbocycles. The zero-order valence-corrected chi connectivity index (χ0v) is 18.7. The summed E-state index contributed by atoms with van der Waals surface area (Å²) in [4.78, 5) is 14.1. The quantitative estimate of drug-likeness (QED) is 0.640. The molecule has 0 atom stereocenters. The molecule has 0 fully saturated rings. The lowest BCUT2D eigenvalue weighted by atomic mass is 9.97. The smallest absolute Gasteiger partial charge is 0.244 e. The van der Waals surface area contributed by atoms with Crippen LogP contribution in [-0.4, -0.2) is 70.0 Å². The molecule has 2 heterocycles. The van der Waals surface area contributed by atoms with Crippen molar-refractivity contribution in [2.24, 2.45) is 7.05 Å². The van der Waals surface area contributed by atoms with E-state index in [9.17, 15) is 13.2 Å². The van der Waals surface area contributed by atoms with Gasteiger partial charge in [-0.2, -0.15) is 5.10 Å². The molecule has 0 bridgehead atoms. The second kappa shape index (κ2) is 9.40. The van der Waals surface area contributed by atoms with Crippen molar-refractivity contribution in [3.63, 3.8) is 0 Å². The summed E-state index contributed by atoms with van der Waals surface area (Å²) in [6, 6.07) is 3.56. The number of nitrogens with one attached hydrogen (secondary N) is 1. The first-order valence-corrected chi connectivity index (χ1v) is 11.0. The molecule has 0 saturated heterocycles. The molecule has 31 heavy (non-hydrogen) atoms. The van der Waals surface area contributed by atoms with Crippen molar-refractivity contribution in [3.05, 3.63) is 36.2 Å². The molecule has 1 N–H and O–H groups in total. The maximum atomic E-state index is 12.5. The fourth-order valence-electron chi connectivity index (χ4n) is 3.33. The third kappa shape index (κ3) is 5.00. The fourth-order valence-corrected chi connectivity index (χ4v) is 4.29. The number of sulfonamides is 1. The van der Waals surface area contributed by atoms with Gasteiger partial charge >= 0.3 is 0 Å². The summed E-state index contributed by atoms with van der Waals surface area (Å²) in [5.74, 6) is 1.54. The lowest BCUT2D eigenvalue weighted by molar-refractivity contribution is -0.129. The molecule has 168 valence electrons. The molecule has 1 aromatic heterocycles. The van der Waals surface area contributed by atoms with Crippen LogP contribution in [0.25, 0.3) is 5.57 Å². The van der Waals surface area contributed by atoms with E-state index in [0.29, 0.717) is 36.8 Å². The number of aryl methyl sites for hydroxylation is 1. The molecule has 3 rings (SSSR count). The predicted molar refractivity (Wildman–Crippen MR) is 114 cm³/mol. The number of hydrogen-bond donors (Lipinski definition) is 1. The number of carbonyl (C=O) groups is 1. The lowest BCUT2D eigenvalue weighted by Crippen LogP contribution is -2.42. The monoisotopic (exact) mass is 450 g/mol. The number of carbonyl (C=O) groups excluding carboxylic acids is 1. The highest BCUT2D eigenvalue weighted by Gasteiger charge is 2.24. The summed E-state index contributed by atoms with van der Waals surface area (Å²) in [6.45, 7) is 0.467. The normalized spacial score (nSPS) is 14.2. The SMILES string of the molecule is COc1cc(OC)c(C2=CCN(C(=O)CNS(=O)(=O)c3cnn(C)c3)CC2)c(OC)c1. The highest BCUT2D eigenvalue weighted by atomic mass is 32.2. The Balaban J connectivity index is 1.69. The van der Waals surface area contributed by atoms with Gasteiger partial charge in [0.05, 0.1) is 39.6 Å². The minimum atomic E-state index is -3.79. The Labute approximate surface area is 181 Å². The molecule has 10 nitrogen and oxygen atoms in total. The van der Waals surface area contributed by atoms with E-state index in [0.717, 1.165) is 11.1 Å². The maximum absolute atomic E-state index is 12.5. The summed E-state index contributed by atoms with van der Waals surface area (Å²) >= 11 is 0. The minimum absolute atomic E-state index is 0.0160. The first-order valence-electron chi connectivity index (χ1n) is 9.54. The van der Waals surface area contributed by atoms with Crippen LogP contribution in [0.2, 0.25) is 0 Å². The summed E-state index contributed by atoms with van der Waals surface area (Å²) in [5.41, 5.74) is 1.80. The fraction of sp³-hybridized carbons (Fsp3) is 0.400. The molecule has 1 aromatic carbocycles. The Kier molecular flexibility index (Phi) is 6.86. The highest BCUT2D eigenvalue weighted by molar-refractivity contribution is 7.89. The number of rotatable bonds is 8. The van der Waals surface area contributed by atoms with Gasteiger partial charge in [-0.05, 0) is 12.0 Å². The topological polar surface area (TPSA) is 112 Å². The Morgan fingerprint density at radius 3 is 2.32 bits per heavy atom. The van der Waals surface area contributed by atoms with Gasteiger partial charge in [0, 0.05) is 38.5 Å². The molecular weight excluding hydrogens is 424 g/mol. The molecular formula is C20H26N4O6S. The van der Waals surface area contributed by atoms with E-state index in [1.807, 2.05) is 6.08 Å². The van der Waals surface area contributed by atoms with Gasteiger partial charge in [0.25, 0.3) is 0 Å². The van der Waals surface area contributed by atoms with E-state index in [2.05, 4.69) is 9.82 Å². The molecule has 0 spiro atoms. The number of ether oxygens (including phenoxy) is 3. The molecule has 0 unspecified atom stereocenters. The molecule has 1 aliphatic rings. The van der Waals surface area contributed by atoms with E-state index < -0.39 is 10.0 Å². The van der Waals surface area contributed by atoms with Gasteiger partial charge in [0.1, 0.15) is 22.1 Å². The molecule has 1 amide bonds. The summed E-state index contributed by atoms with van der Waals surface area (Å²) in [6.07, 6.45) is 5.10. The van der Waals surface area contributed by atoms with Crippen LogP contribution in [0.5, 0.6) is 17.2 Å². The van der Waals surface area contributed by atoms with Crippen molar-refractivity contribution >= 4 is 21.5 Å². The first-order chi connectivity index (χ1) is 14.8. The second-order valence-electron chi connectivity index (χ2n) is 6.90. The van der Waals surface area contributed by atoms with Crippen LogP contribution in [-0.2, 0) is 21.9 Å². The minimum Gasteiger partial charge on any atom is -0.496 e. The van der Waals surface area contributed by atoms with Gasteiger partial charge in [-0.3, -0.25) is 9.48 Å². The van der Waals surface area contributed by atoms with Crippen LogP contribution in [0.3, 0.4) is 0 Å². The zero-order chi connectivity index (χ0) is 22.6. The van der Waals surface area contributed by atoms with Crippen LogP contribution in [0, 0.1) is 0 Å². The number of aromatic nitrogens is 2. The van der Waals surface area contributed by atoms with E-state index in [-0.39, 0.29) is 17.3 Å². The van der Waals surface area contributed by atoms with Crippen molar-refractivity contribution in [2.45, 2.75) is 11.3 Å². The highest BCUT2D eigenvalue weighted by Crippen LogP contribution is 2.40. The predicted octanol–water partition coefficient (Wildman–Crippen LogP) is 1.04. The largest absolute Gasteiger partial charge is 0.496 e. The Hall–Kier alpha value is -3.05. The number of nitrogens with zero attached hydrogens (tertiary/aromatic N) is 3. The van der Waals surface area contributed by atoms with Crippen LogP contribution in [0.1, 0.15) is 12.0 Å². The standard InChI is InChI=1S/C20H26N4O6S/c1-23-13-16(11-21-23)31(26,27)22-12-19(25)24-7-5-14(6-8-24)20-17(29-3)9-15(28-2)10-18(20)30-4/h5,9-11,13,22H,6-8,12H2,1-4H3. The van der Waals surface area contributed by atoms with Gasteiger partial charge in [0.15, 0.2) is 0 Å². The van der Waals surface area contributed by atoms with Gasteiger partial charge in [-0.15, -0.1) is 0 Å². The molecule has 0 radical (unpaired) electrons. The lowest BCUT2D eigenvalue weighted by Gasteiger charge is -2.28. The summed E-state index contributed by atoms with van der Waals surface area (Å²) in [7, 11) is 2.55. The summed E-state index contributed by atoms with van der Waals surface area (Å²) in [5, 5.41) is 3.84. The van der Waals surface area contributed by atoms with Crippen LogP contribution < -0.4 is 18.9 Å². The van der Waals surface area contributed by atoms with Gasteiger partial charge in [-0.1, -0.05) is 6.08 Å². The number of amides is 1. The molecule has 11 heteroatoms. The Bertz CT molecular complexity index is 1070. The van der Waals surface area contributed by atoms with Crippen LogP contribution >= 0.6 is 0 Å². The van der Waals surface area contributed by atoms with Crippen molar-refractivity contribution in [1.82, 2.24) is 19.4 Å². The number of benzene rings is 1. The van der Waals surface area contributed by atoms with E-state index >= 15 is 0 Å². The average Bonchev–Trinajstić information content (AvgIpc) is 3.24. The number of hydrogen-bond acceptors (Lipinski definition) is 7. The third-order valence-corrected chi connectivity index (χ3v) is 6.36. The van der Waals surface area contributed by atoms with Gasteiger partial charge in [0.2, 0.25) is 15.9 Å². The second-order valence-corrected chi connectivity index (χ2v) is 8.67. The van der Waals surface area contributed by atoms with Crippen molar-refractivity contribution in [3.8, 4) is 17.2 Å². The van der Waals surface area contributed by atoms with E-state index in [4.69, 9.17) is 14.2 Å². The first kappa shape index (κ1) is 22.6. The maximum Gasteiger partial charge on any atom is 0.244 e.